The zero-order valence-electron chi connectivity index (χ0n) is 10.3. The predicted octanol–water partition coefficient (Wildman–Crippen LogP) is 1.27. The molecule has 0 aliphatic rings. The predicted molar refractivity (Wildman–Crippen MR) is 69.7 cm³/mol. The molecular formula is C12H14FNO4S. The van der Waals surface area contributed by atoms with E-state index in [-0.39, 0.29) is 11.6 Å². The summed E-state index contributed by atoms with van der Waals surface area (Å²) in [5.74, 6) is -0.356. The van der Waals surface area contributed by atoms with Crippen molar-refractivity contribution in [3.8, 4) is 5.75 Å². The zero-order valence-corrected chi connectivity index (χ0v) is 11.1. The van der Waals surface area contributed by atoms with E-state index in [1.807, 2.05) is 0 Å². The van der Waals surface area contributed by atoms with E-state index in [0.717, 1.165) is 0 Å². The Morgan fingerprint density at radius 2 is 2.37 bits per heavy atom. The molecule has 7 heteroatoms. The molecule has 0 saturated heterocycles. The highest BCUT2D eigenvalue weighted by Crippen LogP contribution is 2.24. The lowest BCUT2D eigenvalue weighted by Crippen LogP contribution is -2.37. The lowest BCUT2D eigenvalue weighted by molar-refractivity contribution is -0.139. The average molecular weight is 287 g/mol. The van der Waals surface area contributed by atoms with Gasteiger partial charge in [-0.05, 0) is 18.2 Å². The first-order chi connectivity index (χ1) is 9.08. The Morgan fingerprint density at radius 1 is 1.63 bits per heavy atom. The third kappa shape index (κ3) is 4.78. The van der Waals surface area contributed by atoms with Crippen molar-refractivity contribution in [3.05, 3.63) is 29.6 Å². The van der Waals surface area contributed by atoms with E-state index >= 15 is 0 Å². The molecule has 0 spiro atoms. The minimum Gasteiger partial charge on any atom is -0.496 e. The van der Waals surface area contributed by atoms with Crippen LogP contribution in [0, 0.1) is 5.82 Å². The molecular weight excluding hydrogens is 273 g/mol. The topological polar surface area (TPSA) is 75.6 Å². The minimum absolute atomic E-state index is 0.188. The maximum Gasteiger partial charge on any atom is 0.327 e. The summed E-state index contributed by atoms with van der Waals surface area (Å²) >= 11 is 1.27. The highest BCUT2D eigenvalue weighted by molar-refractivity contribution is 7.98. The largest absolute Gasteiger partial charge is 0.496 e. The number of hydrogen-bond acceptors (Lipinski definition) is 4. The van der Waals surface area contributed by atoms with E-state index in [1.165, 1.54) is 37.1 Å². The van der Waals surface area contributed by atoms with Crippen molar-refractivity contribution in [1.29, 1.82) is 0 Å². The van der Waals surface area contributed by atoms with Crippen LogP contribution in [0.3, 0.4) is 0 Å². The second-order valence-electron chi connectivity index (χ2n) is 3.65. The maximum atomic E-state index is 13.1. The Hall–Kier alpha value is -1.76. The van der Waals surface area contributed by atoms with Crippen molar-refractivity contribution in [2.24, 2.45) is 0 Å². The first-order valence-electron chi connectivity index (χ1n) is 5.41. The van der Waals surface area contributed by atoms with E-state index in [9.17, 15) is 14.0 Å². The number of carbonyl (C=O) groups excluding carboxylic acids is 1. The van der Waals surface area contributed by atoms with Crippen molar-refractivity contribution in [3.63, 3.8) is 0 Å². The summed E-state index contributed by atoms with van der Waals surface area (Å²) in [6, 6.07) is 3.20. The van der Waals surface area contributed by atoms with Gasteiger partial charge < -0.3 is 15.2 Å². The summed E-state index contributed by atoms with van der Waals surface area (Å²) < 4.78 is 18.2. The number of carbonyl (C=O) groups is 2. The number of hydrogen-bond donors (Lipinski definition) is 2. The number of thioether (sulfide) groups is 1. The summed E-state index contributed by atoms with van der Waals surface area (Å²) in [5.41, 5.74) is 0.641. The smallest absolute Gasteiger partial charge is 0.327 e. The number of aliphatic carboxylic acids is 1. The van der Waals surface area contributed by atoms with Gasteiger partial charge in [0, 0.05) is 17.1 Å². The number of amides is 1. The SMILES string of the molecule is COc1ccc(F)cc1CSCC(NC=O)C(=O)O. The van der Waals surface area contributed by atoms with Crippen LogP contribution in [0.1, 0.15) is 5.56 Å². The Kier molecular flexibility index (Phi) is 6.14. The van der Waals surface area contributed by atoms with Crippen LogP contribution in [0.25, 0.3) is 0 Å². The van der Waals surface area contributed by atoms with Gasteiger partial charge in [0.05, 0.1) is 7.11 Å². The zero-order chi connectivity index (χ0) is 14.3. The third-order valence-electron chi connectivity index (χ3n) is 2.35. The van der Waals surface area contributed by atoms with Gasteiger partial charge in [0.1, 0.15) is 17.6 Å². The lowest BCUT2D eigenvalue weighted by Gasteiger charge is -2.12. The molecule has 1 amide bonds. The van der Waals surface area contributed by atoms with Gasteiger partial charge in [0.15, 0.2) is 0 Å². The van der Waals surface area contributed by atoms with E-state index in [1.54, 1.807) is 0 Å². The molecule has 1 aromatic carbocycles. The molecule has 0 heterocycles. The summed E-state index contributed by atoms with van der Waals surface area (Å²) in [4.78, 5) is 21.0. The molecule has 1 atom stereocenters. The molecule has 1 aromatic rings. The van der Waals surface area contributed by atoms with Crippen LogP contribution in [0.5, 0.6) is 5.75 Å². The van der Waals surface area contributed by atoms with Crippen LogP contribution in [-0.4, -0.2) is 36.4 Å². The Morgan fingerprint density at radius 3 is 2.95 bits per heavy atom. The molecule has 1 rings (SSSR count). The van der Waals surface area contributed by atoms with E-state index < -0.39 is 12.0 Å². The first kappa shape index (κ1) is 15.3. The van der Waals surface area contributed by atoms with Crippen LogP contribution in [-0.2, 0) is 15.3 Å². The van der Waals surface area contributed by atoms with Crippen LogP contribution in [0.4, 0.5) is 4.39 Å². The van der Waals surface area contributed by atoms with Crippen molar-refractivity contribution in [1.82, 2.24) is 5.32 Å². The molecule has 0 aromatic heterocycles. The fourth-order valence-corrected chi connectivity index (χ4v) is 2.46. The van der Waals surface area contributed by atoms with Crippen molar-refractivity contribution in [2.45, 2.75) is 11.8 Å². The lowest BCUT2D eigenvalue weighted by atomic mass is 10.2. The molecule has 0 radical (unpaired) electrons. The van der Waals surface area contributed by atoms with Crippen LogP contribution >= 0.6 is 11.8 Å². The number of methoxy groups -OCH3 is 1. The van der Waals surface area contributed by atoms with Crippen LogP contribution in [0.15, 0.2) is 18.2 Å². The summed E-state index contributed by atoms with van der Waals surface area (Å²) in [5, 5.41) is 11.0. The highest BCUT2D eigenvalue weighted by atomic mass is 32.2. The van der Waals surface area contributed by atoms with Gasteiger partial charge in [0.2, 0.25) is 6.41 Å². The maximum absolute atomic E-state index is 13.1. The number of carboxylic acid groups (broad SMARTS) is 1. The fourth-order valence-electron chi connectivity index (χ4n) is 1.42. The number of rotatable bonds is 8. The van der Waals surface area contributed by atoms with Crippen molar-refractivity contribution < 1.29 is 23.8 Å². The fraction of sp³-hybridized carbons (Fsp3) is 0.333. The number of ether oxygens (including phenoxy) is 1. The number of benzene rings is 1. The Bertz CT molecular complexity index is 455. The Balaban J connectivity index is 2.58. The second-order valence-corrected chi connectivity index (χ2v) is 4.68. The standard InChI is InChI=1S/C12H14FNO4S/c1-18-11-3-2-9(13)4-8(11)5-19-6-10(12(16)17)14-7-15/h2-4,7,10H,5-6H2,1H3,(H,14,15)(H,16,17). The molecule has 0 aliphatic heterocycles. The van der Waals surface area contributed by atoms with Crippen molar-refractivity contribution >= 4 is 24.1 Å². The molecule has 0 fully saturated rings. The van der Waals surface area contributed by atoms with Crippen LogP contribution < -0.4 is 10.1 Å². The molecule has 104 valence electrons. The van der Waals surface area contributed by atoms with Gasteiger partial charge >= 0.3 is 5.97 Å². The van der Waals surface area contributed by atoms with Gasteiger partial charge in [-0.25, -0.2) is 9.18 Å². The number of nitrogens with one attached hydrogen (secondary N) is 1. The normalized spacial score (nSPS) is 11.7. The quantitative estimate of drug-likeness (QED) is 0.704. The number of carboxylic acids is 1. The molecule has 19 heavy (non-hydrogen) atoms. The van der Waals surface area contributed by atoms with Gasteiger partial charge in [-0.1, -0.05) is 0 Å². The van der Waals surface area contributed by atoms with Gasteiger partial charge in [-0.2, -0.15) is 11.8 Å². The molecule has 5 nitrogen and oxygen atoms in total. The molecule has 0 aliphatic carbocycles. The minimum atomic E-state index is -1.11. The molecule has 0 bridgehead atoms. The highest BCUT2D eigenvalue weighted by Gasteiger charge is 2.16. The number of halogens is 1. The van der Waals surface area contributed by atoms with E-state index in [0.29, 0.717) is 23.5 Å². The van der Waals surface area contributed by atoms with Gasteiger partial charge in [-0.15, -0.1) is 0 Å². The summed E-state index contributed by atoms with van der Waals surface area (Å²) in [6.07, 6.45) is 0.349. The Labute approximate surface area is 114 Å². The van der Waals surface area contributed by atoms with Gasteiger partial charge in [-0.3, -0.25) is 4.79 Å². The van der Waals surface area contributed by atoms with E-state index in [2.05, 4.69) is 5.32 Å². The van der Waals surface area contributed by atoms with E-state index in [4.69, 9.17) is 9.84 Å². The molecule has 1 unspecified atom stereocenters. The first-order valence-corrected chi connectivity index (χ1v) is 6.56. The summed E-state index contributed by atoms with van der Waals surface area (Å²) in [6.45, 7) is 0. The van der Waals surface area contributed by atoms with Crippen LogP contribution in [0.2, 0.25) is 0 Å². The molecule has 2 N–H and O–H groups in total. The third-order valence-corrected chi connectivity index (χ3v) is 3.44. The average Bonchev–Trinajstić information content (AvgIpc) is 2.38. The summed E-state index contributed by atoms with van der Waals surface area (Å²) in [7, 11) is 1.48. The van der Waals surface area contributed by atoms with Gasteiger partial charge in [0.25, 0.3) is 0 Å². The van der Waals surface area contributed by atoms with Crippen molar-refractivity contribution in [2.75, 3.05) is 12.9 Å². The molecule has 0 saturated carbocycles. The monoisotopic (exact) mass is 287 g/mol. The second kappa shape index (κ2) is 7.63.